The number of carbonyl (C=O) groups is 1. The van der Waals surface area contributed by atoms with Gasteiger partial charge in [0.1, 0.15) is 0 Å². The first kappa shape index (κ1) is 18.1. The molecule has 0 aliphatic carbocycles. The molecule has 0 saturated carbocycles. The van der Waals surface area contributed by atoms with Gasteiger partial charge in [0.2, 0.25) is 0 Å². The summed E-state index contributed by atoms with van der Waals surface area (Å²) >= 11 is 0. The average molecular weight is 332 g/mol. The number of benzene rings is 1. The van der Waals surface area contributed by atoms with Crippen molar-refractivity contribution >= 4 is 17.7 Å². The molecule has 1 aliphatic rings. The number of rotatable bonds is 3. The van der Waals surface area contributed by atoms with Crippen LogP contribution in [0.15, 0.2) is 29.3 Å². The van der Waals surface area contributed by atoms with Gasteiger partial charge in [0, 0.05) is 36.8 Å². The topological polar surface area (TPSA) is 66.0 Å². The molecule has 1 aromatic rings. The van der Waals surface area contributed by atoms with Crippen LogP contribution < -0.4 is 10.6 Å². The molecule has 1 aliphatic heterocycles. The monoisotopic (exact) mass is 332 g/mol. The Hall–Kier alpha value is -2.24. The summed E-state index contributed by atoms with van der Waals surface area (Å²) in [5, 5.41) is 6.05. The van der Waals surface area contributed by atoms with Crippen molar-refractivity contribution in [1.82, 2.24) is 10.2 Å². The third kappa shape index (κ3) is 3.47. The van der Waals surface area contributed by atoms with E-state index in [4.69, 9.17) is 0 Å². The van der Waals surface area contributed by atoms with Crippen LogP contribution in [0, 0.1) is 5.41 Å². The molecule has 1 aromatic carbocycles. The number of carbonyl (C=O) groups excluding carboxylic acids is 1. The predicted molar refractivity (Wildman–Crippen MR) is 97.2 cm³/mol. The summed E-state index contributed by atoms with van der Waals surface area (Å²) in [5.41, 5.74) is 2.17. The second kappa shape index (κ2) is 6.71. The first-order chi connectivity index (χ1) is 11.2. The molecule has 24 heavy (non-hydrogen) atoms. The summed E-state index contributed by atoms with van der Waals surface area (Å²) < 4.78 is 4.58. The van der Waals surface area contributed by atoms with Crippen LogP contribution in [0.3, 0.4) is 0 Å². The van der Waals surface area contributed by atoms with Gasteiger partial charge in [-0.1, -0.05) is 26.0 Å². The molecule has 1 amide bonds. The summed E-state index contributed by atoms with van der Waals surface area (Å²) in [4.78, 5) is 17.9. The van der Waals surface area contributed by atoms with Crippen LogP contribution in [0.2, 0.25) is 0 Å². The Morgan fingerprint density at radius 3 is 2.33 bits per heavy atom. The number of hydrogen-bond donors (Lipinski definition) is 2. The molecule has 1 fully saturated rings. The van der Waals surface area contributed by atoms with Crippen molar-refractivity contribution in [2.75, 3.05) is 26.0 Å². The van der Waals surface area contributed by atoms with E-state index in [1.807, 2.05) is 31.3 Å². The van der Waals surface area contributed by atoms with Gasteiger partial charge in [0.25, 0.3) is 0 Å². The lowest BCUT2D eigenvalue weighted by Gasteiger charge is -2.62. The highest BCUT2D eigenvalue weighted by Crippen LogP contribution is 2.46. The first-order valence-corrected chi connectivity index (χ1v) is 8.13. The van der Waals surface area contributed by atoms with Crippen molar-refractivity contribution in [2.24, 2.45) is 10.4 Å². The number of nitrogens with zero attached hydrogens (tertiary/aromatic N) is 2. The van der Waals surface area contributed by atoms with E-state index < -0.39 is 6.09 Å². The fourth-order valence-electron chi connectivity index (χ4n) is 2.75. The lowest BCUT2D eigenvalue weighted by molar-refractivity contribution is -0.0667. The maximum absolute atomic E-state index is 11.2. The summed E-state index contributed by atoms with van der Waals surface area (Å²) in [6.07, 6.45) is -0.469. The van der Waals surface area contributed by atoms with E-state index >= 15 is 0 Å². The molecule has 2 rings (SSSR count). The van der Waals surface area contributed by atoms with Gasteiger partial charge in [0.05, 0.1) is 7.11 Å². The van der Waals surface area contributed by atoms with Crippen molar-refractivity contribution in [1.29, 1.82) is 0 Å². The maximum Gasteiger partial charge on any atom is 0.411 e. The number of likely N-dealkylation sites (tertiary alicyclic amines) is 1. The number of methoxy groups -OCH3 is 1. The Morgan fingerprint density at radius 1 is 1.25 bits per heavy atom. The molecule has 2 N–H and O–H groups in total. The van der Waals surface area contributed by atoms with Gasteiger partial charge in [0.15, 0.2) is 5.96 Å². The molecule has 0 atom stereocenters. The van der Waals surface area contributed by atoms with Crippen molar-refractivity contribution in [3.8, 4) is 0 Å². The second-order valence-electron chi connectivity index (χ2n) is 7.24. The minimum Gasteiger partial charge on any atom is -0.453 e. The van der Waals surface area contributed by atoms with Gasteiger partial charge in [-0.3, -0.25) is 10.3 Å². The molecule has 0 spiro atoms. The van der Waals surface area contributed by atoms with Crippen LogP contribution in [0.5, 0.6) is 0 Å². The third-order valence-corrected chi connectivity index (χ3v) is 5.19. The van der Waals surface area contributed by atoms with Crippen LogP contribution in [-0.2, 0) is 11.3 Å². The Labute approximate surface area is 144 Å². The standard InChI is InChI=1S/C18H28N4O2/c1-17(2)12-22(18(17,3)4)15(19-5)20-11-13-7-9-14(10-8-13)21-16(23)24-6/h7-10H,11-12H2,1-6H3,(H,19,20)(H,21,23). The second-order valence-corrected chi connectivity index (χ2v) is 7.24. The summed E-state index contributed by atoms with van der Waals surface area (Å²) in [6, 6.07) is 7.65. The van der Waals surface area contributed by atoms with E-state index in [1.54, 1.807) is 0 Å². The van der Waals surface area contributed by atoms with Gasteiger partial charge < -0.3 is 15.0 Å². The smallest absolute Gasteiger partial charge is 0.411 e. The Morgan fingerprint density at radius 2 is 1.88 bits per heavy atom. The number of amides is 1. The summed E-state index contributed by atoms with van der Waals surface area (Å²) in [6.45, 7) is 10.7. The van der Waals surface area contributed by atoms with E-state index in [-0.39, 0.29) is 11.0 Å². The number of ether oxygens (including phenoxy) is 1. The summed E-state index contributed by atoms with van der Waals surface area (Å²) in [7, 11) is 3.16. The molecule has 132 valence electrons. The number of anilines is 1. The van der Waals surface area contributed by atoms with Gasteiger partial charge >= 0.3 is 6.09 Å². The molecule has 1 heterocycles. The van der Waals surface area contributed by atoms with E-state index in [0.717, 1.165) is 18.1 Å². The normalized spacial score (nSPS) is 18.6. The van der Waals surface area contributed by atoms with E-state index in [2.05, 4.69) is 53.0 Å². The molecule has 0 aromatic heterocycles. The minimum atomic E-state index is -0.469. The Kier molecular flexibility index (Phi) is 5.06. The highest BCUT2D eigenvalue weighted by atomic mass is 16.5. The van der Waals surface area contributed by atoms with Crippen molar-refractivity contribution < 1.29 is 9.53 Å². The van der Waals surface area contributed by atoms with E-state index in [1.165, 1.54) is 7.11 Å². The molecule has 0 radical (unpaired) electrons. The van der Waals surface area contributed by atoms with E-state index in [9.17, 15) is 4.79 Å². The first-order valence-electron chi connectivity index (χ1n) is 8.13. The SMILES string of the molecule is CN=C(NCc1ccc(NC(=O)OC)cc1)N1CC(C)(C)C1(C)C. The zero-order valence-corrected chi connectivity index (χ0v) is 15.4. The zero-order valence-electron chi connectivity index (χ0n) is 15.4. The minimum absolute atomic E-state index is 0.0726. The number of guanidine groups is 1. The van der Waals surface area contributed by atoms with Crippen LogP contribution >= 0.6 is 0 Å². The molecular formula is C18H28N4O2. The van der Waals surface area contributed by atoms with Crippen molar-refractivity contribution in [3.05, 3.63) is 29.8 Å². The number of nitrogens with one attached hydrogen (secondary N) is 2. The molecular weight excluding hydrogens is 304 g/mol. The molecule has 6 nitrogen and oxygen atoms in total. The van der Waals surface area contributed by atoms with Gasteiger partial charge in [-0.15, -0.1) is 0 Å². The maximum atomic E-state index is 11.2. The summed E-state index contributed by atoms with van der Waals surface area (Å²) in [5.74, 6) is 0.913. The zero-order chi connectivity index (χ0) is 18.0. The molecule has 0 unspecified atom stereocenters. The van der Waals surface area contributed by atoms with Crippen molar-refractivity contribution in [2.45, 2.75) is 39.8 Å². The Bertz CT molecular complexity index is 620. The molecule has 6 heteroatoms. The number of aliphatic imine (C=N–C) groups is 1. The lowest BCUT2D eigenvalue weighted by Crippen LogP contribution is -2.72. The largest absolute Gasteiger partial charge is 0.453 e. The highest BCUT2D eigenvalue weighted by molar-refractivity contribution is 5.84. The van der Waals surface area contributed by atoms with Gasteiger partial charge in [-0.2, -0.15) is 0 Å². The van der Waals surface area contributed by atoms with Crippen LogP contribution in [0.1, 0.15) is 33.3 Å². The lowest BCUT2D eigenvalue weighted by atomic mass is 9.65. The number of hydrogen-bond acceptors (Lipinski definition) is 3. The van der Waals surface area contributed by atoms with Gasteiger partial charge in [-0.25, -0.2) is 4.79 Å². The van der Waals surface area contributed by atoms with Crippen LogP contribution in [0.4, 0.5) is 10.5 Å². The molecule has 0 bridgehead atoms. The highest BCUT2D eigenvalue weighted by Gasteiger charge is 2.53. The average Bonchev–Trinajstić information content (AvgIpc) is 2.55. The molecule has 1 saturated heterocycles. The van der Waals surface area contributed by atoms with Gasteiger partial charge in [-0.05, 0) is 31.5 Å². The fourth-order valence-corrected chi connectivity index (χ4v) is 2.75. The van der Waals surface area contributed by atoms with Crippen LogP contribution in [0.25, 0.3) is 0 Å². The fraction of sp³-hybridized carbons (Fsp3) is 0.556. The van der Waals surface area contributed by atoms with Crippen LogP contribution in [-0.4, -0.2) is 43.2 Å². The van der Waals surface area contributed by atoms with Crippen molar-refractivity contribution in [3.63, 3.8) is 0 Å². The predicted octanol–water partition coefficient (Wildman–Crippen LogP) is 3.06. The van der Waals surface area contributed by atoms with E-state index in [0.29, 0.717) is 12.2 Å². The third-order valence-electron chi connectivity index (χ3n) is 5.19. The quantitative estimate of drug-likeness (QED) is 0.659. The Balaban J connectivity index is 1.94.